The predicted octanol–water partition coefficient (Wildman–Crippen LogP) is 3.43. The van der Waals surface area contributed by atoms with Crippen LogP contribution in [0.4, 0.5) is 11.4 Å². The molecule has 0 radical (unpaired) electrons. The summed E-state index contributed by atoms with van der Waals surface area (Å²) < 4.78 is 0. The maximum Gasteiger partial charge on any atom is 0.0579 e. The van der Waals surface area contributed by atoms with Gasteiger partial charge in [0, 0.05) is 6.54 Å². The minimum atomic E-state index is 0.898. The van der Waals surface area contributed by atoms with E-state index in [1.165, 1.54) is 31.2 Å². The number of hydrogen-bond donors (Lipinski definition) is 2. The van der Waals surface area contributed by atoms with E-state index < -0.39 is 0 Å². The molecule has 92 valence electrons. The molecule has 0 spiro atoms. The van der Waals surface area contributed by atoms with Crippen LogP contribution in [0, 0.1) is 24.7 Å². The van der Waals surface area contributed by atoms with Crippen LogP contribution in [0.5, 0.6) is 0 Å². The predicted molar refractivity (Wildman–Crippen MR) is 73.0 cm³/mol. The van der Waals surface area contributed by atoms with Crippen molar-refractivity contribution in [3.05, 3.63) is 23.8 Å². The summed E-state index contributed by atoms with van der Waals surface area (Å²) in [4.78, 5) is 0. The molecule has 2 heteroatoms. The molecule has 2 saturated carbocycles. The molecular formula is C15H22N2. The van der Waals surface area contributed by atoms with Crippen LogP contribution >= 0.6 is 0 Å². The maximum atomic E-state index is 6.09. The average molecular weight is 230 g/mol. The van der Waals surface area contributed by atoms with Crippen molar-refractivity contribution in [1.29, 1.82) is 0 Å². The summed E-state index contributed by atoms with van der Waals surface area (Å²) in [6.45, 7) is 3.18. The number of para-hydroxylation sites is 1. The lowest BCUT2D eigenvalue weighted by Gasteiger charge is -2.18. The first kappa shape index (κ1) is 10.9. The van der Waals surface area contributed by atoms with Gasteiger partial charge < -0.3 is 11.1 Å². The van der Waals surface area contributed by atoms with Gasteiger partial charge in [0.1, 0.15) is 0 Å². The number of nitrogens with one attached hydrogen (secondary N) is 1. The molecule has 2 aliphatic carbocycles. The minimum Gasteiger partial charge on any atom is -0.397 e. The van der Waals surface area contributed by atoms with Gasteiger partial charge >= 0.3 is 0 Å². The van der Waals surface area contributed by atoms with Crippen LogP contribution in [0.3, 0.4) is 0 Å². The molecule has 0 bridgehead atoms. The Bertz CT molecular complexity index is 393. The van der Waals surface area contributed by atoms with Crippen LogP contribution in [0.1, 0.15) is 31.2 Å². The van der Waals surface area contributed by atoms with Crippen molar-refractivity contribution in [3.63, 3.8) is 0 Å². The van der Waals surface area contributed by atoms with Crippen molar-refractivity contribution in [2.75, 3.05) is 17.6 Å². The van der Waals surface area contributed by atoms with Crippen LogP contribution in [-0.4, -0.2) is 6.54 Å². The van der Waals surface area contributed by atoms with Gasteiger partial charge in [0.05, 0.1) is 11.4 Å². The Morgan fingerprint density at radius 3 is 2.47 bits per heavy atom. The molecule has 17 heavy (non-hydrogen) atoms. The molecule has 0 saturated heterocycles. The van der Waals surface area contributed by atoms with E-state index in [-0.39, 0.29) is 0 Å². The average Bonchev–Trinajstić information content (AvgIpc) is 3.14. The summed E-state index contributed by atoms with van der Waals surface area (Å²) >= 11 is 0. The lowest BCUT2D eigenvalue weighted by atomic mass is 9.98. The first-order valence-corrected chi connectivity index (χ1v) is 6.84. The van der Waals surface area contributed by atoms with Gasteiger partial charge in [-0.2, -0.15) is 0 Å². The van der Waals surface area contributed by atoms with E-state index in [0.29, 0.717) is 0 Å². The molecule has 0 aromatic heterocycles. The molecule has 0 atom stereocenters. The first-order chi connectivity index (χ1) is 8.25. The van der Waals surface area contributed by atoms with Crippen LogP contribution in [0.2, 0.25) is 0 Å². The lowest BCUT2D eigenvalue weighted by Crippen LogP contribution is -2.18. The Kier molecular flexibility index (Phi) is 2.73. The largest absolute Gasteiger partial charge is 0.397 e. The molecular weight excluding hydrogens is 208 g/mol. The Morgan fingerprint density at radius 1 is 1.24 bits per heavy atom. The highest BCUT2D eigenvalue weighted by molar-refractivity contribution is 5.69. The molecule has 0 aliphatic heterocycles. The minimum absolute atomic E-state index is 0.898. The van der Waals surface area contributed by atoms with E-state index in [2.05, 4.69) is 30.4 Å². The molecule has 1 aromatic rings. The highest BCUT2D eigenvalue weighted by Crippen LogP contribution is 2.49. The van der Waals surface area contributed by atoms with Crippen molar-refractivity contribution in [2.45, 2.75) is 32.6 Å². The molecule has 2 aliphatic rings. The third kappa shape index (κ3) is 2.41. The van der Waals surface area contributed by atoms with Crippen molar-refractivity contribution >= 4 is 11.4 Å². The van der Waals surface area contributed by atoms with Gasteiger partial charge in [0.25, 0.3) is 0 Å². The molecule has 1 aromatic carbocycles. The molecule has 0 heterocycles. The van der Waals surface area contributed by atoms with Gasteiger partial charge in [-0.3, -0.25) is 0 Å². The van der Waals surface area contributed by atoms with Gasteiger partial charge in [-0.25, -0.2) is 0 Å². The Labute approximate surface area is 104 Å². The van der Waals surface area contributed by atoms with E-state index in [9.17, 15) is 0 Å². The third-order valence-corrected chi connectivity index (χ3v) is 4.31. The van der Waals surface area contributed by atoms with Crippen molar-refractivity contribution in [3.8, 4) is 0 Å². The number of anilines is 2. The normalized spacial score (nSPS) is 19.6. The van der Waals surface area contributed by atoms with E-state index >= 15 is 0 Å². The summed E-state index contributed by atoms with van der Waals surface area (Å²) in [5.74, 6) is 2.90. The fourth-order valence-electron chi connectivity index (χ4n) is 2.83. The summed E-state index contributed by atoms with van der Waals surface area (Å²) in [6, 6.07) is 6.25. The highest BCUT2D eigenvalue weighted by atomic mass is 14.9. The van der Waals surface area contributed by atoms with Crippen molar-refractivity contribution < 1.29 is 0 Å². The van der Waals surface area contributed by atoms with Gasteiger partial charge in [-0.05, 0) is 62.0 Å². The van der Waals surface area contributed by atoms with E-state index in [1.807, 2.05) is 0 Å². The number of aryl methyl sites for hydroxylation is 1. The van der Waals surface area contributed by atoms with Gasteiger partial charge in [0.15, 0.2) is 0 Å². The second-order valence-electron chi connectivity index (χ2n) is 5.76. The zero-order valence-corrected chi connectivity index (χ0v) is 10.6. The highest BCUT2D eigenvalue weighted by Gasteiger charge is 2.40. The molecule has 0 amide bonds. The number of rotatable bonds is 5. The lowest BCUT2D eigenvalue weighted by molar-refractivity contribution is 0.428. The number of nitrogen functional groups attached to an aromatic ring is 1. The monoisotopic (exact) mass is 230 g/mol. The first-order valence-electron chi connectivity index (χ1n) is 6.84. The van der Waals surface area contributed by atoms with Crippen LogP contribution < -0.4 is 11.1 Å². The summed E-state index contributed by atoms with van der Waals surface area (Å²) in [5.41, 5.74) is 9.30. The van der Waals surface area contributed by atoms with Gasteiger partial charge in [-0.15, -0.1) is 0 Å². The van der Waals surface area contributed by atoms with E-state index in [0.717, 1.165) is 35.7 Å². The molecule has 3 N–H and O–H groups in total. The maximum absolute atomic E-state index is 6.09. The van der Waals surface area contributed by atoms with Crippen molar-refractivity contribution in [2.24, 2.45) is 17.8 Å². The molecule has 3 rings (SSSR count). The number of hydrogen-bond acceptors (Lipinski definition) is 2. The van der Waals surface area contributed by atoms with Crippen LogP contribution in [-0.2, 0) is 0 Å². The SMILES string of the molecule is Cc1cccc(NCC(C2CC2)C2CC2)c1N. The molecule has 0 unspecified atom stereocenters. The quantitative estimate of drug-likeness (QED) is 0.761. The van der Waals surface area contributed by atoms with Gasteiger partial charge in [0.2, 0.25) is 0 Å². The van der Waals surface area contributed by atoms with Crippen molar-refractivity contribution in [1.82, 2.24) is 0 Å². The van der Waals surface area contributed by atoms with Gasteiger partial charge in [-0.1, -0.05) is 12.1 Å². The van der Waals surface area contributed by atoms with Crippen LogP contribution in [0.25, 0.3) is 0 Å². The summed E-state index contributed by atoms with van der Waals surface area (Å²) in [7, 11) is 0. The molecule has 2 nitrogen and oxygen atoms in total. The topological polar surface area (TPSA) is 38.0 Å². The fourth-order valence-corrected chi connectivity index (χ4v) is 2.83. The fraction of sp³-hybridized carbons (Fsp3) is 0.600. The van der Waals surface area contributed by atoms with E-state index in [4.69, 9.17) is 5.73 Å². The smallest absolute Gasteiger partial charge is 0.0579 e. The Balaban J connectivity index is 1.64. The summed E-state index contributed by atoms with van der Waals surface area (Å²) in [6.07, 6.45) is 5.80. The zero-order valence-electron chi connectivity index (χ0n) is 10.6. The number of nitrogens with two attached hydrogens (primary N) is 1. The van der Waals surface area contributed by atoms with E-state index in [1.54, 1.807) is 0 Å². The standard InChI is InChI=1S/C15H22N2/c1-10-3-2-4-14(15(10)16)17-9-13(11-5-6-11)12-7-8-12/h2-4,11-13,17H,5-9,16H2,1H3. The second-order valence-corrected chi connectivity index (χ2v) is 5.76. The second kappa shape index (κ2) is 4.25. The Hall–Kier alpha value is -1.18. The zero-order chi connectivity index (χ0) is 11.8. The Morgan fingerprint density at radius 2 is 1.88 bits per heavy atom. The summed E-state index contributed by atoms with van der Waals surface area (Å²) in [5, 5.41) is 3.57. The van der Waals surface area contributed by atoms with Crippen LogP contribution in [0.15, 0.2) is 18.2 Å². The molecule has 2 fully saturated rings. The number of benzene rings is 1. The third-order valence-electron chi connectivity index (χ3n) is 4.31.